The molecule has 2 fully saturated rings. The summed E-state index contributed by atoms with van der Waals surface area (Å²) in [6, 6.07) is 4.38. The van der Waals surface area contributed by atoms with Crippen LogP contribution in [0, 0.1) is 14.8 Å². The zero-order valence-electron chi connectivity index (χ0n) is 11.7. The minimum Gasteiger partial charge on any atom is -0.339 e. The van der Waals surface area contributed by atoms with Crippen molar-refractivity contribution in [2.75, 3.05) is 26.2 Å². The Hall–Kier alpha value is -0.400. The first-order valence-corrected chi connectivity index (χ1v) is 8.13. The molecule has 3 nitrogen and oxygen atoms in total. The van der Waals surface area contributed by atoms with Gasteiger partial charge in [-0.3, -0.25) is 4.79 Å². The van der Waals surface area contributed by atoms with Crippen LogP contribution in [0.1, 0.15) is 29.6 Å². The van der Waals surface area contributed by atoms with Crippen LogP contribution < -0.4 is 5.32 Å². The predicted octanol–water partition coefficient (Wildman–Crippen LogP) is 3.07. The molecule has 116 valence electrons. The quantitative estimate of drug-likeness (QED) is 0.703. The Morgan fingerprint density at radius 1 is 1.29 bits per heavy atom. The Labute approximate surface area is 144 Å². The number of nitrogens with zero attached hydrogens (tertiary/aromatic N) is 1. The Bertz CT molecular complexity index is 524. The zero-order valence-corrected chi connectivity index (χ0v) is 14.7. The average Bonchev–Trinajstić information content (AvgIpc) is 2.87. The van der Waals surface area contributed by atoms with Gasteiger partial charge in [0.05, 0.1) is 5.56 Å². The summed E-state index contributed by atoms with van der Waals surface area (Å²) in [5, 5.41) is 3.43. The first-order chi connectivity index (χ1) is 9.60. The summed E-state index contributed by atoms with van der Waals surface area (Å²) in [6.07, 6.45) is 3.37. The van der Waals surface area contributed by atoms with Crippen molar-refractivity contribution in [1.29, 1.82) is 0 Å². The fraction of sp³-hybridized carbons (Fsp3) is 0.533. The SMILES string of the molecule is Cl.O=C(c1ccc(F)cc1I)N1CCC2(CCNC2)CC1. The summed E-state index contributed by atoms with van der Waals surface area (Å²) in [5.74, 6) is -0.254. The molecule has 6 heteroatoms. The van der Waals surface area contributed by atoms with Crippen molar-refractivity contribution < 1.29 is 9.18 Å². The van der Waals surface area contributed by atoms with Crippen LogP contribution in [-0.4, -0.2) is 37.0 Å². The standard InChI is InChI=1S/C15H18FIN2O.ClH/c16-11-1-2-12(13(17)9-11)14(20)19-7-4-15(5-8-19)3-6-18-10-15;/h1-2,9,18H,3-8,10H2;1H. The summed E-state index contributed by atoms with van der Waals surface area (Å²) < 4.78 is 13.8. The summed E-state index contributed by atoms with van der Waals surface area (Å²) in [5.41, 5.74) is 1.03. The van der Waals surface area contributed by atoms with E-state index in [2.05, 4.69) is 5.32 Å². The molecule has 0 unspecified atom stereocenters. The van der Waals surface area contributed by atoms with Gasteiger partial charge in [-0.1, -0.05) is 0 Å². The van der Waals surface area contributed by atoms with Crippen LogP contribution in [0.4, 0.5) is 4.39 Å². The number of halogens is 3. The molecule has 1 N–H and O–H groups in total. The topological polar surface area (TPSA) is 32.3 Å². The molecule has 0 saturated carbocycles. The Morgan fingerprint density at radius 3 is 2.57 bits per heavy atom. The van der Waals surface area contributed by atoms with E-state index < -0.39 is 0 Å². The zero-order chi connectivity index (χ0) is 14.2. The summed E-state index contributed by atoms with van der Waals surface area (Å²) in [7, 11) is 0. The molecule has 1 aromatic carbocycles. The van der Waals surface area contributed by atoms with Crippen LogP contribution in [0.5, 0.6) is 0 Å². The highest BCUT2D eigenvalue weighted by molar-refractivity contribution is 14.1. The lowest BCUT2D eigenvalue weighted by Crippen LogP contribution is -2.44. The fourth-order valence-corrected chi connectivity index (χ4v) is 3.95. The van der Waals surface area contributed by atoms with Crippen molar-refractivity contribution in [3.05, 3.63) is 33.1 Å². The van der Waals surface area contributed by atoms with Gasteiger partial charge in [0.2, 0.25) is 0 Å². The van der Waals surface area contributed by atoms with Gasteiger partial charge in [0.1, 0.15) is 5.82 Å². The highest BCUT2D eigenvalue weighted by atomic mass is 127. The number of amides is 1. The van der Waals surface area contributed by atoms with Crippen molar-refractivity contribution >= 4 is 40.9 Å². The lowest BCUT2D eigenvalue weighted by atomic mass is 9.78. The van der Waals surface area contributed by atoms with Crippen molar-refractivity contribution in [2.24, 2.45) is 5.41 Å². The second kappa shape index (κ2) is 6.79. The molecule has 0 bridgehead atoms. The Morgan fingerprint density at radius 2 is 2.00 bits per heavy atom. The number of hydrogen-bond acceptors (Lipinski definition) is 2. The van der Waals surface area contributed by atoms with Gasteiger partial charge < -0.3 is 10.2 Å². The van der Waals surface area contributed by atoms with Crippen LogP contribution >= 0.6 is 35.0 Å². The summed E-state index contributed by atoms with van der Waals surface area (Å²) >= 11 is 2.03. The maximum atomic E-state index is 13.1. The molecular formula is C15H19ClFIN2O. The van der Waals surface area contributed by atoms with Gasteiger partial charge in [-0.05, 0) is 72.0 Å². The Balaban J connectivity index is 0.00000161. The van der Waals surface area contributed by atoms with Crippen LogP contribution in [-0.2, 0) is 0 Å². The first-order valence-electron chi connectivity index (χ1n) is 7.05. The van der Waals surface area contributed by atoms with E-state index in [4.69, 9.17) is 0 Å². The second-order valence-corrected chi connectivity index (χ2v) is 7.01. The number of piperidine rings is 1. The molecule has 0 aromatic heterocycles. The largest absolute Gasteiger partial charge is 0.339 e. The van der Waals surface area contributed by atoms with E-state index in [1.807, 2.05) is 27.5 Å². The van der Waals surface area contributed by atoms with Crippen LogP contribution in [0.2, 0.25) is 0 Å². The average molecular weight is 425 g/mol. The monoisotopic (exact) mass is 424 g/mol. The maximum absolute atomic E-state index is 13.1. The fourth-order valence-electron chi connectivity index (χ4n) is 3.24. The summed E-state index contributed by atoms with van der Waals surface area (Å²) in [6.45, 7) is 3.81. The number of carbonyl (C=O) groups is 1. The molecule has 1 spiro atoms. The number of rotatable bonds is 1. The van der Waals surface area contributed by atoms with E-state index >= 15 is 0 Å². The van der Waals surface area contributed by atoms with Gasteiger partial charge in [-0.25, -0.2) is 4.39 Å². The van der Waals surface area contributed by atoms with Crippen molar-refractivity contribution in [3.8, 4) is 0 Å². The predicted molar refractivity (Wildman–Crippen MR) is 91.4 cm³/mol. The molecular weight excluding hydrogens is 406 g/mol. The van der Waals surface area contributed by atoms with E-state index in [1.54, 1.807) is 6.07 Å². The minimum atomic E-state index is -0.291. The lowest BCUT2D eigenvalue weighted by molar-refractivity contribution is 0.0606. The summed E-state index contributed by atoms with van der Waals surface area (Å²) in [4.78, 5) is 14.4. The van der Waals surface area contributed by atoms with Crippen molar-refractivity contribution in [3.63, 3.8) is 0 Å². The molecule has 21 heavy (non-hydrogen) atoms. The molecule has 1 amide bonds. The van der Waals surface area contributed by atoms with Crippen LogP contribution in [0.3, 0.4) is 0 Å². The smallest absolute Gasteiger partial charge is 0.254 e. The normalized spacial score (nSPS) is 20.4. The minimum absolute atomic E-state index is 0. The van der Waals surface area contributed by atoms with Gasteiger partial charge in [0.25, 0.3) is 5.91 Å². The van der Waals surface area contributed by atoms with Gasteiger partial charge in [-0.2, -0.15) is 0 Å². The number of carbonyl (C=O) groups excluding carboxylic acids is 1. The molecule has 1 aromatic rings. The van der Waals surface area contributed by atoms with E-state index in [9.17, 15) is 9.18 Å². The molecule has 2 aliphatic rings. The third-order valence-corrected chi connectivity index (χ3v) is 5.50. The molecule has 0 atom stereocenters. The number of nitrogens with one attached hydrogen (secondary N) is 1. The number of likely N-dealkylation sites (tertiary alicyclic amines) is 1. The Kier molecular flexibility index (Phi) is 5.48. The second-order valence-electron chi connectivity index (χ2n) is 5.84. The van der Waals surface area contributed by atoms with E-state index in [-0.39, 0.29) is 24.1 Å². The molecule has 2 heterocycles. The lowest BCUT2D eigenvalue weighted by Gasteiger charge is -2.39. The molecule has 0 aliphatic carbocycles. The molecule has 2 aliphatic heterocycles. The third kappa shape index (κ3) is 3.51. The third-order valence-electron chi connectivity index (χ3n) is 4.60. The van der Waals surface area contributed by atoms with E-state index in [0.717, 1.165) is 39.0 Å². The van der Waals surface area contributed by atoms with Crippen LogP contribution in [0.25, 0.3) is 0 Å². The van der Waals surface area contributed by atoms with Gasteiger partial charge in [0, 0.05) is 23.2 Å². The molecule has 0 radical (unpaired) electrons. The highest BCUT2D eigenvalue weighted by Crippen LogP contribution is 2.37. The molecule has 2 saturated heterocycles. The van der Waals surface area contributed by atoms with Gasteiger partial charge in [-0.15, -0.1) is 12.4 Å². The van der Waals surface area contributed by atoms with Crippen LogP contribution in [0.15, 0.2) is 18.2 Å². The van der Waals surface area contributed by atoms with Gasteiger partial charge >= 0.3 is 0 Å². The first kappa shape index (κ1) is 17.0. The van der Waals surface area contributed by atoms with E-state index in [0.29, 0.717) is 14.5 Å². The number of benzene rings is 1. The number of hydrogen-bond donors (Lipinski definition) is 1. The van der Waals surface area contributed by atoms with Crippen molar-refractivity contribution in [2.45, 2.75) is 19.3 Å². The molecule has 3 rings (SSSR count). The van der Waals surface area contributed by atoms with E-state index in [1.165, 1.54) is 18.6 Å². The van der Waals surface area contributed by atoms with Gasteiger partial charge in [0.15, 0.2) is 0 Å². The maximum Gasteiger partial charge on any atom is 0.254 e. The highest BCUT2D eigenvalue weighted by Gasteiger charge is 2.38. The van der Waals surface area contributed by atoms with Crippen molar-refractivity contribution in [1.82, 2.24) is 10.2 Å².